The largest absolute Gasteiger partial charge is 0.448 e. The SMILES string of the molecule is CC(C)(C)c1ccc(NC(=O)c2coc(C3CCCNC3)n2)cc1. The average molecular weight is 327 g/mol. The molecule has 0 spiro atoms. The average Bonchev–Trinajstić information content (AvgIpc) is 3.05. The lowest BCUT2D eigenvalue weighted by Crippen LogP contribution is -2.28. The van der Waals surface area contributed by atoms with Gasteiger partial charge in [-0.1, -0.05) is 32.9 Å². The molecule has 1 unspecified atom stereocenters. The lowest BCUT2D eigenvalue weighted by Gasteiger charge is -2.19. The molecule has 1 atom stereocenters. The van der Waals surface area contributed by atoms with Gasteiger partial charge in [0.05, 0.1) is 0 Å². The normalized spacial score (nSPS) is 18.4. The number of hydrogen-bond acceptors (Lipinski definition) is 4. The van der Waals surface area contributed by atoms with Crippen molar-refractivity contribution in [1.29, 1.82) is 0 Å². The summed E-state index contributed by atoms with van der Waals surface area (Å²) in [5, 5.41) is 6.20. The van der Waals surface area contributed by atoms with Crippen LogP contribution in [-0.2, 0) is 5.41 Å². The van der Waals surface area contributed by atoms with E-state index in [2.05, 4.69) is 36.4 Å². The van der Waals surface area contributed by atoms with E-state index in [1.165, 1.54) is 11.8 Å². The van der Waals surface area contributed by atoms with Crippen molar-refractivity contribution in [2.45, 2.75) is 44.9 Å². The van der Waals surface area contributed by atoms with E-state index in [9.17, 15) is 4.79 Å². The van der Waals surface area contributed by atoms with Gasteiger partial charge in [-0.2, -0.15) is 0 Å². The van der Waals surface area contributed by atoms with Crippen molar-refractivity contribution in [2.24, 2.45) is 0 Å². The topological polar surface area (TPSA) is 67.2 Å². The fourth-order valence-corrected chi connectivity index (χ4v) is 2.89. The molecule has 24 heavy (non-hydrogen) atoms. The molecular formula is C19H25N3O2. The first kappa shape index (κ1) is 16.7. The number of carbonyl (C=O) groups excluding carboxylic acids is 1. The molecule has 0 aliphatic carbocycles. The van der Waals surface area contributed by atoms with Crippen LogP contribution in [0.2, 0.25) is 0 Å². The Morgan fingerprint density at radius 2 is 2.04 bits per heavy atom. The molecule has 2 aromatic rings. The van der Waals surface area contributed by atoms with E-state index in [0.717, 1.165) is 31.6 Å². The van der Waals surface area contributed by atoms with Crippen LogP contribution in [0.25, 0.3) is 0 Å². The minimum absolute atomic E-state index is 0.0948. The van der Waals surface area contributed by atoms with Crippen molar-refractivity contribution in [2.75, 3.05) is 18.4 Å². The number of rotatable bonds is 3. The number of oxazole rings is 1. The van der Waals surface area contributed by atoms with Gasteiger partial charge in [-0.15, -0.1) is 0 Å². The van der Waals surface area contributed by atoms with Crippen LogP contribution in [-0.4, -0.2) is 24.0 Å². The second kappa shape index (κ2) is 6.77. The number of aromatic nitrogens is 1. The second-order valence-electron chi connectivity index (χ2n) is 7.40. The summed E-state index contributed by atoms with van der Waals surface area (Å²) in [6, 6.07) is 7.92. The zero-order chi connectivity index (χ0) is 17.2. The highest BCUT2D eigenvalue weighted by Crippen LogP contribution is 2.24. The third-order valence-corrected chi connectivity index (χ3v) is 4.41. The summed E-state index contributed by atoms with van der Waals surface area (Å²) in [6.07, 6.45) is 3.60. The fraction of sp³-hybridized carbons (Fsp3) is 0.474. The number of amides is 1. The van der Waals surface area contributed by atoms with Gasteiger partial charge in [0, 0.05) is 18.2 Å². The van der Waals surface area contributed by atoms with E-state index in [0.29, 0.717) is 11.6 Å². The van der Waals surface area contributed by atoms with Gasteiger partial charge in [0.25, 0.3) is 5.91 Å². The van der Waals surface area contributed by atoms with Gasteiger partial charge >= 0.3 is 0 Å². The fourth-order valence-electron chi connectivity index (χ4n) is 2.89. The molecule has 1 aliphatic heterocycles. The molecule has 2 heterocycles. The Bertz CT molecular complexity index is 692. The van der Waals surface area contributed by atoms with Crippen LogP contribution in [0.15, 0.2) is 34.9 Å². The second-order valence-corrected chi connectivity index (χ2v) is 7.40. The lowest BCUT2D eigenvalue weighted by atomic mass is 9.87. The number of carbonyl (C=O) groups is 1. The summed E-state index contributed by atoms with van der Waals surface area (Å²) in [7, 11) is 0. The Balaban J connectivity index is 1.65. The number of hydrogen-bond donors (Lipinski definition) is 2. The lowest BCUT2D eigenvalue weighted by molar-refractivity contribution is 0.102. The van der Waals surface area contributed by atoms with Crippen LogP contribution in [0.3, 0.4) is 0 Å². The summed E-state index contributed by atoms with van der Waals surface area (Å²) in [4.78, 5) is 16.7. The Morgan fingerprint density at radius 1 is 1.29 bits per heavy atom. The van der Waals surface area contributed by atoms with Crippen LogP contribution in [0.1, 0.15) is 61.5 Å². The summed E-state index contributed by atoms with van der Waals surface area (Å²) < 4.78 is 5.51. The van der Waals surface area contributed by atoms with E-state index in [4.69, 9.17) is 4.42 Å². The van der Waals surface area contributed by atoms with E-state index in [-0.39, 0.29) is 17.2 Å². The van der Waals surface area contributed by atoms with Gasteiger partial charge < -0.3 is 15.1 Å². The number of benzene rings is 1. The Hall–Kier alpha value is -2.14. The molecule has 1 amide bonds. The van der Waals surface area contributed by atoms with E-state index in [1.54, 1.807) is 0 Å². The van der Waals surface area contributed by atoms with Gasteiger partial charge in [-0.05, 0) is 42.5 Å². The first-order chi connectivity index (χ1) is 11.4. The smallest absolute Gasteiger partial charge is 0.277 e. The molecule has 128 valence electrons. The maximum Gasteiger partial charge on any atom is 0.277 e. The number of nitrogens with one attached hydrogen (secondary N) is 2. The molecule has 5 nitrogen and oxygen atoms in total. The molecule has 0 radical (unpaired) electrons. The standard InChI is InChI=1S/C19H25N3O2/c1-19(2,3)14-6-8-15(9-7-14)21-17(23)16-12-24-18(22-16)13-5-4-10-20-11-13/h6-9,12-13,20H,4-5,10-11H2,1-3H3,(H,21,23). The molecular weight excluding hydrogens is 302 g/mol. The van der Waals surface area contributed by atoms with Crippen molar-refractivity contribution >= 4 is 11.6 Å². The Kier molecular flexibility index (Phi) is 4.71. The van der Waals surface area contributed by atoms with Crippen molar-refractivity contribution in [1.82, 2.24) is 10.3 Å². The zero-order valence-electron chi connectivity index (χ0n) is 14.6. The summed E-state index contributed by atoms with van der Waals surface area (Å²) in [5.41, 5.74) is 2.42. The molecule has 1 aliphatic rings. The number of nitrogens with zero attached hydrogens (tertiary/aromatic N) is 1. The van der Waals surface area contributed by atoms with Crippen LogP contribution in [0, 0.1) is 0 Å². The highest BCUT2D eigenvalue weighted by atomic mass is 16.3. The van der Waals surface area contributed by atoms with Crippen LogP contribution >= 0.6 is 0 Å². The van der Waals surface area contributed by atoms with Crippen molar-refractivity contribution in [3.8, 4) is 0 Å². The molecule has 1 aromatic carbocycles. The van der Waals surface area contributed by atoms with Crippen LogP contribution in [0.4, 0.5) is 5.69 Å². The summed E-state index contributed by atoms with van der Waals surface area (Å²) in [6.45, 7) is 8.39. The molecule has 5 heteroatoms. The van der Waals surface area contributed by atoms with Crippen LogP contribution in [0.5, 0.6) is 0 Å². The predicted octanol–water partition coefficient (Wildman–Crippen LogP) is 3.69. The molecule has 1 fully saturated rings. The predicted molar refractivity (Wildman–Crippen MR) is 94.4 cm³/mol. The molecule has 2 N–H and O–H groups in total. The summed E-state index contributed by atoms with van der Waals surface area (Å²) >= 11 is 0. The van der Waals surface area contributed by atoms with E-state index >= 15 is 0 Å². The quantitative estimate of drug-likeness (QED) is 0.902. The maximum atomic E-state index is 12.3. The first-order valence-electron chi connectivity index (χ1n) is 8.51. The van der Waals surface area contributed by atoms with Crippen molar-refractivity contribution in [3.05, 3.63) is 47.7 Å². The van der Waals surface area contributed by atoms with Gasteiger partial charge in [-0.25, -0.2) is 4.98 Å². The third-order valence-electron chi connectivity index (χ3n) is 4.41. The summed E-state index contributed by atoms with van der Waals surface area (Å²) in [5.74, 6) is 0.666. The minimum Gasteiger partial charge on any atom is -0.448 e. The molecule has 0 bridgehead atoms. The highest BCUT2D eigenvalue weighted by Gasteiger charge is 2.22. The first-order valence-corrected chi connectivity index (χ1v) is 8.51. The molecule has 1 aromatic heterocycles. The number of anilines is 1. The van der Waals surface area contributed by atoms with Crippen LogP contribution < -0.4 is 10.6 Å². The maximum absolute atomic E-state index is 12.3. The third kappa shape index (κ3) is 3.85. The van der Waals surface area contributed by atoms with Gasteiger partial charge in [0.2, 0.25) is 0 Å². The molecule has 1 saturated heterocycles. The van der Waals surface area contributed by atoms with Crippen molar-refractivity contribution < 1.29 is 9.21 Å². The molecule has 3 rings (SSSR count). The monoisotopic (exact) mass is 327 g/mol. The van der Waals surface area contributed by atoms with Gasteiger partial charge in [-0.3, -0.25) is 4.79 Å². The minimum atomic E-state index is -0.239. The van der Waals surface area contributed by atoms with Gasteiger partial charge in [0.1, 0.15) is 6.26 Å². The number of piperidine rings is 1. The molecule has 0 saturated carbocycles. The van der Waals surface area contributed by atoms with Crippen molar-refractivity contribution in [3.63, 3.8) is 0 Å². The van der Waals surface area contributed by atoms with E-state index < -0.39 is 0 Å². The zero-order valence-corrected chi connectivity index (χ0v) is 14.6. The Labute approximate surface area is 142 Å². The van der Waals surface area contributed by atoms with E-state index in [1.807, 2.05) is 24.3 Å². The highest BCUT2D eigenvalue weighted by molar-refractivity contribution is 6.02. The van der Waals surface area contributed by atoms with Gasteiger partial charge in [0.15, 0.2) is 11.6 Å². The Morgan fingerprint density at radius 3 is 2.67 bits per heavy atom.